The summed E-state index contributed by atoms with van der Waals surface area (Å²) >= 11 is 0. The van der Waals surface area contributed by atoms with Gasteiger partial charge in [-0.05, 0) is 84.5 Å². The summed E-state index contributed by atoms with van der Waals surface area (Å²) in [5, 5.41) is 10.6. The van der Waals surface area contributed by atoms with Crippen molar-refractivity contribution < 1.29 is 9.84 Å². The van der Waals surface area contributed by atoms with Gasteiger partial charge in [0.1, 0.15) is 5.75 Å². The van der Waals surface area contributed by atoms with Crippen molar-refractivity contribution >= 4 is 0 Å². The van der Waals surface area contributed by atoms with E-state index in [1.165, 1.54) is 24.0 Å². The third kappa shape index (κ3) is 2.11. The molecule has 0 heterocycles. The van der Waals surface area contributed by atoms with E-state index in [1.54, 1.807) is 7.11 Å². The molecule has 2 heteroatoms. The molecule has 6 atom stereocenters. The SMILES string of the molecule is C=CC1Cc2cc(OC)ccc2[C@H]2CC[C@]3(C)C(O)CC[C@H]3[C@H]12. The smallest absolute Gasteiger partial charge is 0.119 e. The number of allylic oxidation sites excluding steroid dienone is 1. The van der Waals surface area contributed by atoms with Crippen LogP contribution in [0.2, 0.25) is 0 Å². The number of fused-ring (bicyclic) bond motifs is 5. The standard InChI is InChI=1S/C21H28O2/c1-4-13-11-14-12-15(23-3)5-6-16(14)17-9-10-21(2)18(20(13)17)7-8-19(21)22/h4-6,12-13,17-20,22H,1,7-11H2,2-3H3/t13?,17-,18+,19?,20-,21+/m1/s1. The predicted molar refractivity (Wildman–Crippen MR) is 92.7 cm³/mol. The molecule has 0 aromatic heterocycles. The summed E-state index contributed by atoms with van der Waals surface area (Å²) < 4.78 is 5.43. The van der Waals surface area contributed by atoms with E-state index >= 15 is 0 Å². The van der Waals surface area contributed by atoms with E-state index in [9.17, 15) is 5.11 Å². The monoisotopic (exact) mass is 312 g/mol. The van der Waals surface area contributed by atoms with Crippen LogP contribution in [0.5, 0.6) is 5.75 Å². The molecule has 1 aromatic carbocycles. The Morgan fingerprint density at radius 2 is 2.13 bits per heavy atom. The molecule has 3 aliphatic carbocycles. The van der Waals surface area contributed by atoms with Crippen molar-refractivity contribution in [1.29, 1.82) is 0 Å². The second-order valence-corrected chi connectivity index (χ2v) is 8.10. The summed E-state index contributed by atoms with van der Waals surface area (Å²) in [5.74, 6) is 3.38. The van der Waals surface area contributed by atoms with Crippen molar-refractivity contribution in [1.82, 2.24) is 0 Å². The summed E-state index contributed by atoms with van der Waals surface area (Å²) in [6.45, 7) is 6.48. The summed E-state index contributed by atoms with van der Waals surface area (Å²) in [6, 6.07) is 6.62. The van der Waals surface area contributed by atoms with Crippen molar-refractivity contribution in [3.05, 3.63) is 42.0 Å². The first-order valence-corrected chi connectivity index (χ1v) is 9.06. The van der Waals surface area contributed by atoms with Crippen LogP contribution in [0.1, 0.15) is 49.7 Å². The van der Waals surface area contributed by atoms with E-state index < -0.39 is 0 Å². The molecule has 124 valence electrons. The molecule has 23 heavy (non-hydrogen) atoms. The fraction of sp³-hybridized carbons (Fsp3) is 0.619. The maximum absolute atomic E-state index is 10.6. The number of hydrogen-bond donors (Lipinski definition) is 1. The van der Waals surface area contributed by atoms with E-state index in [0.717, 1.165) is 25.0 Å². The minimum atomic E-state index is -0.115. The van der Waals surface area contributed by atoms with Gasteiger partial charge in [0.05, 0.1) is 13.2 Å². The Morgan fingerprint density at radius 3 is 2.87 bits per heavy atom. The Hall–Kier alpha value is -1.28. The third-order valence-electron chi connectivity index (χ3n) is 7.29. The van der Waals surface area contributed by atoms with Gasteiger partial charge >= 0.3 is 0 Å². The van der Waals surface area contributed by atoms with Crippen molar-refractivity contribution in [2.24, 2.45) is 23.2 Å². The van der Waals surface area contributed by atoms with Gasteiger partial charge < -0.3 is 9.84 Å². The quantitative estimate of drug-likeness (QED) is 0.824. The number of aliphatic hydroxyl groups excluding tert-OH is 1. The highest BCUT2D eigenvalue weighted by molar-refractivity contribution is 5.41. The molecule has 2 unspecified atom stereocenters. The third-order valence-corrected chi connectivity index (χ3v) is 7.29. The number of hydrogen-bond acceptors (Lipinski definition) is 2. The lowest BCUT2D eigenvalue weighted by molar-refractivity contribution is -0.0319. The van der Waals surface area contributed by atoms with E-state index in [4.69, 9.17) is 4.74 Å². The summed E-state index contributed by atoms with van der Waals surface area (Å²) in [7, 11) is 1.74. The zero-order chi connectivity index (χ0) is 16.2. The normalized spacial score (nSPS) is 41.6. The molecule has 0 spiro atoms. The molecule has 0 bridgehead atoms. The van der Waals surface area contributed by atoms with Crippen LogP contribution in [0.4, 0.5) is 0 Å². The molecule has 3 aliphatic rings. The fourth-order valence-electron chi connectivity index (χ4n) is 6.01. The van der Waals surface area contributed by atoms with Crippen LogP contribution >= 0.6 is 0 Å². The highest BCUT2D eigenvalue weighted by atomic mass is 16.5. The zero-order valence-electron chi connectivity index (χ0n) is 14.3. The highest BCUT2D eigenvalue weighted by Gasteiger charge is 2.56. The Labute approximate surface area is 139 Å². The van der Waals surface area contributed by atoms with Crippen molar-refractivity contribution in [3.63, 3.8) is 0 Å². The lowest BCUT2D eigenvalue weighted by atomic mass is 9.52. The molecular formula is C21H28O2. The van der Waals surface area contributed by atoms with Gasteiger partial charge in [0.15, 0.2) is 0 Å². The number of ether oxygens (including phenoxy) is 1. The van der Waals surface area contributed by atoms with Gasteiger partial charge in [-0.25, -0.2) is 0 Å². The molecule has 1 N–H and O–H groups in total. The molecule has 4 rings (SSSR count). The molecule has 2 fully saturated rings. The Balaban J connectivity index is 1.77. The molecule has 2 nitrogen and oxygen atoms in total. The second kappa shape index (κ2) is 5.37. The lowest BCUT2D eigenvalue weighted by Crippen LogP contribution is -2.46. The van der Waals surface area contributed by atoms with Crippen LogP contribution in [0, 0.1) is 23.2 Å². The molecule has 0 radical (unpaired) electrons. The fourth-order valence-corrected chi connectivity index (χ4v) is 6.01. The summed E-state index contributed by atoms with van der Waals surface area (Å²) in [6.07, 6.45) is 7.62. The first kappa shape index (κ1) is 15.3. The summed E-state index contributed by atoms with van der Waals surface area (Å²) in [5.41, 5.74) is 3.09. The Morgan fingerprint density at radius 1 is 1.30 bits per heavy atom. The number of rotatable bonds is 2. The van der Waals surface area contributed by atoms with E-state index in [-0.39, 0.29) is 11.5 Å². The molecule has 0 saturated heterocycles. The number of benzene rings is 1. The second-order valence-electron chi connectivity index (χ2n) is 8.10. The Bertz CT molecular complexity index is 622. The lowest BCUT2D eigenvalue weighted by Gasteiger charge is -2.52. The minimum absolute atomic E-state index is 0.115. The first-order chi connectivity index (χ1) is 11.1. The van der Waals surface area contributed by atoms with Gasteiger partial charge in [0.2, 0.25) is 0 Å². The topological polar surface area (TPSA) is 29.5 Å². The van der Waals surface area contributed by atoms with Gasteiger partial charge in [-0.2, -0.15) is 0 Å². The van der Waals surface area contributed by atoms with E-state index in [2.05, 4.69) is 37.8 Å². The van der Waals surface area contributed by atoms with Crippen LogP contribution in [-0.2, 0) is 6.42 Å². The van der Waals surface area contributed by atoms with Crippen LogP contribution in [0.15, 0.2) is 30.9 Å². The number of methoxy groups -OCH3 is 1. The van der Waals surface area contributed by atoms with Crippen LogP contribution in [-0.4, -0.2) is 18.3 Å². The maximum atomic E-state index is 10.6. The average molecular weight is 312 g/mol. The van der Waals surface area contributed by atoms with Gasteiger partial charge in [-0.3, -0.25) is 0 Å². The molecule has 1 aromatic rings. The average Bonchev–Trinajstić information content (AvgIpc) is 2.88. The van der Waals surface area contributed by atoms with Crippen molar-refractivity contribution in [3.8, 4) is 5.75 Å². The van der Waals surface area contributed by atoms with Crippen LogP contribution in [0.3, 0.4) is 0 Å². The molecule has 2 saturated carbocycles. The van der Waals surface area contributed by atoms with E-state index in [1.807, 2.05) is 0 Å². The van der Waals surface area contributed by atoms with Gasteiger partial charge in [-0.1, -0.05) is 19.1 Å². The zero-order valence-corrected chi connectivity index (χ0v) is 14.3. The highest BCUT2D eigenvalue weighted by Crippen LogP contribution is 2.62. The molecular weight excluding hydrogens is 284 g/mol. The Kier molecular flexibility index (Phi) is 3.57. The summed E-state index contributed by atoms with van der Waals surface area (Å²) in [4.78, 5) is 0. The minimum Gasteiger partial charge on any atom is -0.497 e. The van der Waals surface area contributed by atoms with E-state index in [0.29, 0.717) is 23.7 Å². The van der Waals surface area contributed by atoms with Gasteiger partial charge in [-0.15, -0.1) is 6.58 Å². The van der Waals surface area contributed by atoms with Gasteiger partial charge in [0, 0.05) is 0 Å². The largest absolute Gasteiger partial charge is 0.497 e. The first-order valence-electron chi connectivity index (χ1n) is 9.06. The molecule has 0 aliphatic heterocycles. The van der Waals surface area contributed by atoms with Crippen LogP contribution < -0.4 is 4.74 Å². The van der Waals surface area contributed by atoms with Crippen LogP contribution in [0.25, 0.3) is 0 Å². The van der Waals surface area contributed by atoms with Gasteiger partial charge in [0.25, 0.3) is 0 Å². The number of aliphatic hydroxyl groups is 1. The molecule has 0 amide bonds. The van der Waals surface area contributed by atoms with Crippen molar-refractivity contribution in [2.45, 2.75) is 51.0 Å². The van der Waals surface area contributed by atoms with Crippen molar-refractivity contribution in [2.75, 3.05) is 7.11 Å². The maximum Gasteiger partial charge on any atom is 0.119 e. The predicted octanol–water partition coefficient (Wildman–Crippen LogP) is 4.32.